The molecule has 0 aliphatic carbocycles. The molecule has 0 bridgehead atoms. The van der Waals surface area contributed by atoms with Crippen LogP contribution in [0, 0.1) is 17.8 Å². The maximum Gasteiger partial charge on any atom is 0.244 e. The highest BCUT2D eigenvalue weighted by molar-refractivity contribution is 6.16. The Balaban J connectivity index is 1.45. The zero-order valence-electron chi connectivity index (χ0n) is 22.6. The molecular weight excluding hydrogens is 514 g/mol. The van der Waals surface area contributed by atoms with Gasteiger partial charge in [-0.05, 0) is 41.7 Å². The lowest BCUT2D eigenvalue weighted by Crippen LogP contribution is -2.47. The molecule has 4 atom stereocenters. The van der Waals surface area contributed by atoms with Crippen molar-refractivity contribution in [1.29, 1.82) is 0 Å². The normalized spacial score (nSPS) is 19.4. The first-order valence-corrected chi connectivity index (χ1v) is 13.2. The van der Waals surface area contributed by atoms with Crippen molar-refractivity contribution in [2.24, 2.45) is 17.8 Å². The van der Waals surface area contributed by atoms with Crippen molar-refractivity contribution in [3.05, 3.63) is 65.7 Å². The lowest BCUT2D eigenvalue weighted by Gasteiger charge is -2.24. The summed E-state index contributed by atoms with van der Waals surface area (Å²) in [5.74, 6) is -3.20. The van der Waals surface area contributed by atoms with E-state index in [9.17, 15) is 24.0 Å². The average Bonchev–Trinajstić information content (AvgIpc) is 3.49. The van der Waals surface area contributed by atoms with Crippen molar-refractivity contribution >= 4 is 35.5 Å². The predicted octanol–water partition coefficient (Wildman–Crippen LogP) is 2.68. The molecule has 40 heavy (non-hydrogen) atoms. The molecule has 2 aromatic rings. The molecule has 0 aromatic heterocycles. The van der Waals surface area contributed by atoms with Crippen LogP contribution in [0.15, 0.2) is 54.6 Å². The summed E-state index contributed by atoms with van der Waals surface area (Å²) in [7, 11) is 0. The second-order valence-electron chi connectivity index (χ2n) is 10.4. The number of ketones is 1. The van der Waals surface area contributed by atoms with Crippen LogP contribution < -0.4 is 25.4 Å². The molecule has 0 spiro atoms. The third-order valence-electron chi connectivity index (χ3n) is 6.87. The fraction of sp³-hybridized carbons (Fsp3) is 0.367. The highest BCUT2D eigenvalue weighted by atomic mass is 16.7. The summed E-state index contributed by atoms with van der Waals surface area (Å²) in [5, 5.41) is 7.82. The van der Waals surface area contributed by atoms with Crippen molar-refractivity contribution in [3.63, 3.8) is 0 Å². The topological polar surface area (TPSA) is 140 Å². The Morgan fingerprint density at radius 3 is 2.40 bits per heavy atom. The van der Waals surface area contributed by atoms with Crippen LogP contribution in [-0.2, 0) is 24.0 Å². The third-order valence-corrected chi connectivity index (χ3v) is 6.87. The molecule has 1 fully saturated rings. The number of carbonyl (C=O) groups excluding carboxylic acids is 5. The standard InChI is InChI=1S/C30H33N3O7/c1-17(2)13-22(28(36)27-18(3)29(37)33-30(27)38)32-26(35)15-21(20-7-5-4-6-8-20)31-25(34)12-10-19-9-11-23-24(14-19)40-16-39-23/h4-12,14,17-18,21-22,27H,13,15-16H2,1-3H3,(H,31,34)(H,32,35)(H,33,37,38)/b12-10+/t18-,21-,22-,27+/m0/s1. The van der Waals surface area contributed by atoms with Gasteiger partial charge in [-0.25, -0.2) is 0 Å². The second-order valence-corrected chi connectivity index (χ2v) is 10.4. The van der Waals surface area contributed by atoms with E-state index in [1.54, 1.807) is 48.5 Å². The lowest BCUT2D eigenvalue weighted by atomic mass is 9.86. The van der Waals surface area contributed by atoms with Crippen LogP contribution in [0.1, 0.15) is 50.8 Å². The van der Waals surface area contributed by atoms with Crippen molar-refractivity contribution in [3.8, 4) is 11.5 Å². The van der Waals surface area contributed by atoms with Gasteiger partial charge in [-0.2, -0.15) is 0 Å². The minimum Gasteiger partial charge on any atom is -0.454 e. The smallest absolute Gasteiger partial charge is 0.244 e. The molecule has 4 amide bonds. The van der Waals surface area contributed by atoms with Gasteiger partial charge < -0.3 is 20.1 Å². The zero-order valence-corrected chi connectivity index (χ0v) is 22.6. The molecule has 3 N–H and O–H groups in total. The summed E-state index contributed by atoms with van der Waals surface area (Å²) in [6.07, 6.45) is 3.16. The number of fused-ring (bicyclic) bond motifs is 1. The second kappa shape index (κ2) is 12.6. The SMILES string of the molecule is CC(C)C[C@H](NC(=O)C[C@H](NC(=O)/C=C/c1ccc2c(c1)OCO2)c1ccccc1)C(=O)[C@@H]1C(=O)NC(=O)[C@H]1C. The van der Waals surface area contributed by atoms with Gasteiger partial charge in [-0.3, -0.25) is 29.3 Å². The molecule has 2 aliphatic rings. The summed E-state index contributed by atoms with van der Waals surface area (Å²) in [5.41, 5.74) is 1.45. The van der Waals surface area contributed by atoms with E-state index in [1.165, 1.54) is 13.0 Å². The maximum absolute atomic E-state index is 13.3. The van der Waals surface area contributed by atoms with E-state index in [-0.39, 0.29) is 19.1 Å². The number of nitrogens with one attached hydrogen (secondary N) is 3. The third kappa shape index (κ3) is 6.93. The van der Waals surface area contributed by atoms with E-state index in [0.29, 0.717) is 23.5 Å². The first-order chi connectivity index (χ1) is 19.1. The summed E-state index contributed by atoms with van der Waals surface area (Å²) in [4.78, 5) is 63.6. The quantitative estimate of drug-likeness (QED) is 0.223. The monoisotopic (exact) mass is 547 g/mol. The first-order valence-electron chi connectivity index (χ1n) is 13.2. The molecule has 10 heteroatoms. The molecular formula is C30H33N3O7. The van der Waals surface area contributed by atoms with Crippen LogP contribution in [0.2, 0.25) is 0 Å². The number of carbonyl (C=O) groups is 5. The van der Waals surface area contributed by atoms with E-state index in [0.717, 1.165) is 5.56 Å². The molecule has 2 aromatic carbocycles. The highest BCUT2D eigenvalue weighted by Crippen LogP contribution is 2.32. The summed E-state index contributed by atoms with van der Waals surface area (Å²) >= 11 is 0. The summed E-state index contributed by atoms with van der Waals surface area (Å²) in [6.45, 7) is 5.47. The van der Waals surface area contributed by atoms with Crippen LogP contribution in [-0.4, -0.2) is 42.2 Å². The van der Waals surface area contributed by atoms with Gasteiger partial charge in [-0.1, -0.05) is 57.2 Å². The maximum atomic E-state index is 13.3. The van der Waals surface area contributed by atoms with Gasteiger partial charge in [-0.15, -0.1) is 0 Å². The van der Waals surface area contributed by atoms with E-state index in [4.69, 9.17) is 9.47 Å². The van der Waals surface area contributed by atoms with Crippen LogP contribution in [0.3, 0.4) is 0 Å². The van der Waals surface area contributed by atoms with Crippen molar-refractivity contribution in [1.82, 2.24) is 16.0 Å². The molecule has 0 radical (unpaired) electrons. The number of imide groups is 1. The van der Waals surface area contributed by atoms with Gasteiger partial charge in [0.1, 0.15) is 5.92 Å². The average molecular weight is 548 g/mol. The molecule has 210 valence electrons. The molecule has 0 unspecified atom stereocenters. The van der Waals surface area contributed by atoms with E-state index in [2.05, 4.69) is 16.0 Å². The van der Waals surface area contributed by atoms with E-state index < -0.39 is 53.3 Å². The molecule has 2 heterocycles. The Morgan fingerprint density at radius 1 is 1.00 bits per heavy atom. The molecule has 4 rings (SSSR count). The Kier molecular flexibility index (Phi) is 8.98. The Bertz CT molecular complexity index is 1320. The summed E-state index contributed by atoms with van der Waals surface area (Å²) in [6, 6.07) is 12.7. The summed E-state index contributed by atoms with van der Waals surface area (Å²) < 4.78 is 10.7. The van der Waals surface area contributed by atoms with Gasteiger partial charge >= 0.3 is 0 Å². The fourth-order valence-electron chi connectivity index (χ4n) is 4.79. The van der Waals surface area contributed by atoms with Crippen molar-refractivity contribution in [2.45, 2.75) is 45.7 Å². The van der Waals surface area contributed by atoms with Gasteiger partial charge in [0.25, 0.3) is 0 Å². The Labute approximate surface area is 232 Å². The first kappa shape index (κ1) is 28.5. The predicted molar refractivity (Wildman–Crippen MR) is 146 cm³/mol. The number of Topliss-reactive ketones (excluding diaryl/α,β-unsaturated/α-hetero) is 1. The minimum atomic E-state index is -1.15. The highest BCUT2D eigenvalue weighted by Gasteiger charge is 2.45. The van der Waals surface area contributed by atoms with Crippen molar-refractivity contribution in [2.75, 3.05) is 6.79 Å². The van der Waals surface area contributed by atoms with Crippen LogP contribution in [0.5, 0.6) is 11.5 Å². The number of rotatable bonds is 11. The van der Waals surface area contributed by atoms with Crippen LogP contribution in [0.4, 0.5) is 0 Å². The molecule has 0 saturated carbocycles. The molecule has 10 nitrogen and oxygen atoms in total. The van der Waals surface area contributed by atoms with E-state index >= 15 is 0 Å². The molecule has 1 saturated heterocycles. The van der Waals surface area contributed by atoms with Gasteiger partial charge in [0, 0.05) is 6.08 Å². The van der Waals surface area contributed by atoms with Crippen LogP contribution in [0.25, 0.3) is 6.08 Å². The number of amides is 4. The number of ether oxygens (including phenoxy) is 2. The number of hydrogen-bond donors (Lipinski definition) is 3. The minimum absolute atomic E-state index is 0.0376. The van der Waals surface area contributed by atoms with Crippen molar-refractivity contribution < 1.29 is 33.4 Å². The largest absolute Gasteiger partial charge is 0.454 e. The van der Waals surface area contributed by atoms with E-state index in [1.807, 2.05) is 19.9 Å². The zero-order chi connectivity index (χ0) is 28.8. The lowest BCUT2D eigenvalue weighted by molar-refractivity contribution is -0.137. The van der Waals surface area contributed by atoms with Crippen LogP contribution >= 0.6 is 0 Å². The van der Waals surface area contributed by atoms with Gasteiger partial charge in [0.2, 0.25) is 30.4 Å². The number of benzene rings is 2. The number of hydrogen-bond acceptors (Lipinski definition) is 7. The Morgan fingerprint density at radius 2 is 1.73 bits per heavy atom. The molecule has 2 aliphatic heterocycles. The fourth-order valence-corrected chi connectivity index (χ4v) is 4.79. The van der Waals surface area contributed by atoms with Gasteiger partial charge in [0.05, 0.1) is 24.4 Å². The Hall–Kier alpha value is -4.47. The van der Waals surface area contributed by atoms with Gasteiger partial charge in [0.15, 0.2) is 17.3 Å².